The standard InChI is InChI=1S/C13H20N2O3S2/c1-4-9-14-13(16)10-15(2)20(17,18)12-7-5-11(19-3)6-8-12/h5-8H,4,9-10H2,1-3H3,(H,14,16). The van der Waals surface area contributed by atoms with Crippen molar-refractivity contribution in [3.8, 4) is 0 Å². The van der Waals surface area contributed by atoms with E-state index in [9.17, 15) is 13.2 Å². The van der Waals surface area contributed by atoms with Gasteiger partial charge < -0.3 is 5.32 Å². The molecule has 0 spiro atoms. The largest absolute Gasteiger partial charge is 0.355 e. The Morgan fingerprint density at radius 1 is 1.30 bits per heavy atom. The lowest BCUT2D eigenvalue weighted by molar-refractivity contribution is -0.121. The Bertz CT molecular complexity index is 541. The van der Waals surface area contributed by atoms with Crippen LogP contribution in [0.15, 0.2) is 34.1 Å². The fourth-order valence-electron chi connectivity index (χ4n) is 1.54. The van der Waals surface area contributed by atoms with Gasteiger partial charge in [0.05, 0.1) is 11.4 Å². The first kappa shape index (κ1) is 17.0. The lowest BCUT2D eigenvalue weighted by Crippen LogP contribution is -2.38. The molecular formula is C13H20N2O3S2. The van der Waals surface area contributed by atoms with Crippen LogP contribution in [0.2, 0.25) is 0 Å². The van der Waals surface area contributed by atoms with Crippen molar-refractivity contribution in [2.45, 2.75) is 23.1 Å². The fourth-order valence-corrected chi connectivity index (χ4v) is 3.07. The summed E-state index contributed by atoms with van der Waals surface area (Å²) in [6.45, 7) is 2.32. The van der Waals surface area contributed by atoms with Gasteiger partial charge in [-0.2, -0.15) is 4.31 Å². The van der Waals surface area contributed by atoms with E-state index in [1.54, 1.807) is 36.0 Å². The van der Waals surface area contributed by atoms with Crippen molar-refractivity contribution in [1.82, 2.24) is 9.62 Å². The summed E-state index contributed by atoms with van der Waals surface area (Å²) in [7, 11) is -2.21. The third-order valence-corrected chi connectivity index (χ3v) is 5.27. The van der Waals surface area contributed by atoms with Gasteiger partial charge in [-0.3, -0.25) is 4.79 Å². The zero-order chi connectivity index (χ0) is 15.2. The van der Waals surface area contributed by atoms with Crippen molar-refractivity contribution in [3.63, 3.8) is 0 Å². The van der Waals surface area contributed by atoms with Gasteiger partial charge in [-0.25, -0.2) is 8.42 Å². The van der Waals surface area contributed by atoms with E-state index < -0.39 is 10.0 Å². The highest BCUT2D eigenvalue weighted by Crippen LogP contribution is 2.19. The van der Waals surface area contributed by atoms with Crippen molar-refractivity contribution in [2.24, 2.45) is 0 Å². The van der Waals surface area contributed by atoms with Crippen LogP contribution in [0.1, 0.15) is 13.3 Å². The number of likely N-dealkylation sites (N-methyl/N-ethyl adjacent to an activating group) is 1. The van der Waals surface area contributed by atoms with E-state index in [1.165, 1.54) is 7.05 Å². The van der Waals surface area contributed by atoms with Gasteiger partial charge >= 0.3 is 0 Å². The van der Waals surface area contributed by atoms with Gasteiger partial charge in [0, 0.05) is 18.5 Å². The van der Waals surface area contributed by atoms with Crippen LogP contribution in [0, 0.1) is 0 Å². The molecule has 7 heteroatoms. The highest BCUT2D eigenvalue weighted by molar-refractivity contribution is 7.98. The van der Waals surface area contributed by atoms with Gasteiger partial charge in [0.25, 0.3) is 0 Å². The van der Waals surface area contributed by atoms with Crippen LogP contribution in [0.3, 0.4) is 0 Å². The molecule has 0 saturated carbocycles. The fraction of sp³-hybridized carbons (Fsp3) is 0.462. The number of sulfonamides is 1. The summed E-state index contributed by atoms with van der Waals surface area (Å²) in [6.07, 6.45) is 2.74. The van der Waals surface area contributed by atoms with Crippen LogP contribution >= 0.6 is 11.8 Å². The molecule has 0 atom stereocenters. The number of carbonyl (C=O) groups excluding carboxylic acids is 1. The molecule has 1 N–H and O–H groups in total. The number of thioether (sulfide) groups is 1. The molecule has 20 heavy (non-hydrogen) atoms. The van der Waals surface area contributed by atoms with Crippen molar-refractivity contribution in [2.75, 3.05) is 26.4 Å². The summed E-state index contributed by atoms with van der Waals surface area (Å²) >= 11 is 1.54. The van der Waals surface area contributed by atoms with E-state index in [0.717, 1.165) is 15.6 Å². The normalized spacial score (nSPS) is 11.6. The molecule has 0 aliphatic rings. The highest BCUT2D eigenvalue weighted by Gasteiger charge is 2.22. The van der Waals surface area contributed by atoms with Crippen molar-refractivity contribution < 1.29 is 13.2 Å². The van der Waals surface area contributed by atoms with E-state index in [-0.39, 0.29) is 17.3 Å². The maximum atomic E-state index is 12.3. The molecule has 0 saturated heterocycles. The SMILES string of the molecule is CCCNC(=O)CN(C)S(=O)(=O)c1ccc(SC)cc1. The number of carbonyl (C=O) groups is 1. The summed E-state index contributed by atoms with van der Waals surface area (Å²) in [6, 6.07) is 6.62. The second-order valence-corrected chi connectivity index (χ2v) is 7.21. The molecule has 0 unspecified atom stereocenters. The third kappa shape index (κ3) is 4.50. The van der Waals surface area contributed by atoms with Gasteiger partial charge in [-0.15, -0.1) is 11.8 Å². The zero-order valence-corrected chi connectivity index (χ0v) is 13.6. The Kier molecular flexibility index (Phi) is 6.51. The van der Waals surface area contributed by atoms with Crippen LogP contribution in [-0.4, -0.2) is 45.0 Å². The maximum Gasteiger partial charge on any atom is 0.243 e. The van der Waals surface area contributed by atoms with Crippen LogP contribution in [0.4, 0.5) is 0 Å². The molecule has 0 aromatic heterocycles. The van der Waals surface area contributed by atoms with E-state index in [2.05, 4.69) is 5.32 Å². The van der Waals surface area contributed by atoms with E-state index in [0.29, 0.717) is 6.54 Å². The molecule has 0 aliphatic heterocycles. The summed E-state index contributed by atoms with van der Waals surface area (Å²) < 4.78 is 25.6. The van der Waals surface area contributed by atoms with Crippen LogP contribution in [-0.2, 0) is 14.8 Å². The summed E-state index contributed by atoms with van der Waals surface area (Å²) in [5, 5.41) is 2.66. The highest BCUT2D eigenvalue weighted by atomic mass is 32.2. The lowest BCUT2D eigenvalue weighted by Gasteiger charge is -2.17. The minimum absolute atomic E-state index is 0.174. The molecule has 0 heterocycles. The molecule has 0 bridgehead atoms. The Hall–Kier alpha value is -1.05. The van der Waals surface area contributed by atoms with Crippen LogP contribution in [0.5, 0.6) is 0 Å². The van der Waals surface area contributed by atoms with Gasteiger partial charge in [0.2, 0.25) is 15.9 Å². The second-order valence-electron chi connectivity index (χ2n) is 4.29. The molecule has 1 amide bonds. The second kappa shape index (κ2) is 7.66. The molecule has 1 aromatic rings. The smallest absolute Gasteiger partial charge is 0.243 e. The number of rotatable bonds is 7. The summed E-state index contributed by atoms with van der Waals surface area (Å²) in [5.74, 6) is -0.293. The predicted molar refractivity (Wildman–Crippen MR) is 81.3 cm³/mol. The first-order valence-electron chi connectivity index (χ1n) is 6.29. The number of hydrogen-bond acceptors (Lipinski definition) is 4. The molecule has 1 aromatic carbocycles. The number of hydrogen-bond donors (Lipinski definition) is 1. The molecule has 0 aliphatic carbocycles. The number of nitrogens with one attached hydrogen (secondary N) is 1. The summed E-state index contributed by atoms with van der Waals surface area (Å²) in [5.41, 5.74) is 0. The Balaban J connectivity index is 2.78. The molecular weight excluding hydrogens is 296 g/mol. The van der Waals surface area contributed by atoms with Gasteiger partial charge in [0.15, 0.2) is 0 Å². The Labute approximate surface area is 124 Å². The molecule has 0 radical (unpaired) electrons. The molecule has 0 fully saturated rings. The molecule has 1 rings (SSSR count). The number of nitrogens with zero attached hydrogens (tertiary/aromatic N) is 1. The first-order chi connectivity index (χ1) is 9.41. The quantitative estimate of drug-likeness (QED) is 0.775. The molecule has 5 nitrogen and oxygen atoms in total. The van der Waals surface area contributed by atoms with E-state index >= 15 is 0 Å². The summed E-state index contributed by atoms with van der Waals surface area (Å²) in [4.78, 5) is 12.8. The van der Waals surface area contributed by atoms with Crippen LogP contribution < -0.4 is 5.32 Å². The Morgan fingerprint density at radius 2 is 1.90 bits per heavy atom. The molecule has 112 valence electrons. The average molecular weight is 316 g/mol. The minimum atomic E-state index is -3.62. The Morgan fingerprint density at radius 3 is 2.40 bits per heavy atom. The maximum absolute atomic E-state index is 12.3. The number of amides is 1. The van der Waals surface area contributed by atoms with E-state index in [1.807, 2.05) is 13.2 Å². The lowest BCUT2D eigenvalue weighted by atomic mass is 10.4. The first-order valence-corrected chi connectivity index (χ1v) is 8.95. The van der Waals surface area contributed by atoms with Crippen molar-refractivity contribution >= 4 is 27.7 Å². The topological polar surface area (TPSA) is 66.5 Å². The monoisotopic (exact) mass is 316 g/mol. The van der Waals surface area contributed by atoms with Crippen LogP contribution in [0.25, 0.3) is 0 Å². The van der Waals surface area contributed by atoms with E-state index in [4.69, 9.17) is 0 Å². The average Bonchev–Trinajstić information content (AvgIpc) is 2.45. The van der Waals surface area contributed by atoms with Gasteiger partial charge in [-0.1, -0.05) is 6.92 Å². The van der Waals surface area contributed by atoms with Gasteiger partial charge in [-0.05, 0) is 36.9 Å². The van der Waals surface area contributed by atoms with Crippen molar-refractivity contribution in [1.29, 1.82) is 0 Å². The van der Waals surface area contributed by atoms with Crippen molar-refractivity contribution in [3.05, 3.63) is 24.3 Å². The van der Waals surface area contributed by atoms with Gasteiger partial charge in [0.1, 0.15) is 0 Å². The minimum Gasteiger partial charge on any atom is -0.355 e. The third-order valence-electron chi connectivity index (χ3n) is 2.71. The number of benzene rings is 1. The predicted octanol–water partition coefficient (Wildman–Crippen LogP) is 1.56. The zero-order valence-electron chi connectivity index (χ0n) is 11.9.